The van der Waals surface area contributed by atoms with Crippen LogP contribution < -0.4 is 15.4 Å². The van der Waals surface area contributed by atoms with Crippen LogP contribution in [0.5, 0.6) is 5.75 Å². The molecule has 124 valence electrons. The predicted molar refractivity (Wildman–Crippen MR) is 94.6 cm³/mol. The van der Waals surface area contributed by atoms with Crippen molar-refractivity contribution in [2.24, 2.45) is 0 Å². The Kier molecular flexibility index (Phi) is 4.22. The highest BCUT2D eigenvalue weighted by Gasteiger charge is 2.32. The van der Waals surface area contributed by atoms with E-state index in [1.807, 2.05) is 42.5 Å². The lowest BCUT2D eigenvalue weighted by Crippen LogP contribution is -2.42. The topological polar surface area (TPSA) is 50.4 Å². The molecular weight excluding hydrogens is 300 g/mol. The van der Waals surface area contributed by atoms with Gasteiger partial charge in [0.25, 0.3) is 0 Å². The van der Waals surface area contributed by atoms with E-state index in [1.54, 1.807) is 0 Å². The fourth-order valence-corrected chi connectivity index (χ4v) is 3.99. The third-order valence-electron chi connectivity index (χ3n) is 5.08. The van der Waals surface area contributed by atoms with Crippen molar-refractivity contribution in [2.75, 3.05) is 11.9 Å². The van der Waals surface area contributed by atoms with Crippen LogP contribution >= 0.6 is 0 Å². The van der Waals surface area contributed by atoms with Crippen molar-refractivity contribution in [3.8, 4) is 5.75 Å². The maximum Gasteiger partial charge on any atom is 0.417 e. The van der Waals surface area contributed by atoms with E-state index in [0.717, 1.165) is 25.1 Å². The van der Waals surface area contributed by atoms with E-state index in [4.69, 9.17) is 4.74 Å². The Morgan fingerprint density at radius 1 is 1.08 bits per heavy atom. The van der Waals surface area contributed by atoms with Gasteiger partial charge >= 0.3 is 6.09 Å². The van der Waals surface area contributed by atoms with Gasteiger partial charge in [-0.25, -0.2) is 4.79 Å². The van der Waals surface area contributed by atoms with Gasteiger partial charge in [0.2, 0.25) is 0 Å². The normalized spacial score (nSPS) is 22.2. The number of hydrogen-bond acceptors (Lipinski definition) is 3. The Bertz CT molecular complexity index is 730. The molecule has 0 radical (unpaired) electrons. The monoisotopic (exact) mass is 322 g/mol. The number of fused-ring (bicyclic) bond motifs is 3. The number of amides is 1. The molecule has 1 fully saturated rings. The van der Waals surface area contributed by atoms with Gasteiger partial charge in [-0.3, -0.25) is 5.32 Å². The summed E-state index contributed by atoms with van der Waals surface area (Å²) in [6.45, 7) is 1.12. The number of para-hydroxylation sites is 1. The lowest BCUT2D eigenvalue weighted by atomic mass is 9.75. The first kappa shape index (κ1) is 15.2. The molecule has 4 heteroatoms. The molecule has 0 spiro atoms. The maximum atomic E-state index is 12.2. The summed E-state index contributed by atoms with van der Waals surface area (Å²) in [6, 6.07) is 16.0. The van der Waals surface area contributed by atoms with Crippen molar-refractivity contribution >= 4 is 11.8 Å². The van der Waals surface area contributed by atoms with Gasteiger partial charge in [0, 0.05) is 11.7 Å². The third-order valence-corrected chi connectivity index (χ3v) is 5.08. The molecule has 24 heavy (non-hydrogen) atoms. The summed E-state index contributed by atoms with van der Waals surface area (Å²) in [7, 11) is 0. The van der Waals surface area contributed by atoms with Gasteiger partial charge in [0.15, 0.2) is 0 Å². The zero-order valence-corrected chi connectivity index (χ0v) is 13.6. The Balaban J connectivity index is 1.53. The fraction of sp³-hybridized carbons (Fsp3) is 0.350. The summed E-state index contributed by atoms with van der Waals surface area (Å²) in [5.41, 5.74) is 3.29. The smallest absolute Gasteiger partial charge is 0.410 e. The van der Waals surface area contributed by atoms with E-state index < -0.39 is 6.09 Å². The average Bonchev–Trinajstić information content (AvgIpc) is 2.62. The van der Waals surface area contributed by atoms with Gasteiger partial charge in [-0.1, -0.05) is 30.3 Å². The lowest BCUT2D eigenvalue weighted by Gasteiger charge is -2.38. The van der Waals surface area contributed by atoms with Crippen LogP contribution in [-0.4, -0.2) is 18.7 Å². The highest BCUT2D eigenvalue weighted by atomic mass is 16.6. The highest BCUT2D eigenvalue weighted by Crippen LogP contribution is 2.40. The molecule has 4 nitrogen and oxygen atoms in total. The first-order valence-electron chi connectivity index (χ1n) is 8.70. The van der Waals surface area contributed by atoms with Gasteiger partial charge in [-0.05, 0) is 67.5 Å². The number of piperidine rings is 1. The Hall–Kier alpha value is -2.33. The van der Waals surface area contributed by atoms with Crippen LogP contribution in [0.2, 0.25) is 0 Å². The zero-order valence-electron chi connectivity index (χ0n) is 13.6. The number of rotatable bonds is 2. The molecule has 0 unspecified atom stereocenters. The van der Waals surface area contributed by atoms with Crippen LogP contribution in [0.1, 0.15) is 36.3 Å². The molecule has 0 saturated carbocycles. The van der Waals surface area contributed by atoms with Gasteiger partial charge in [-0.2, -0.15) is 0 Å². The summed E-state index contributed by atoms with van der Waals surface area (Å²) < 4.78 is 5.63. The van der Waals surface area contributed by atoms with Crippen LogP contribution in [0.15, 0.2) is 48.5 Å². The van der Waals surface area contributed by atoms with E-state index in [1.165, 1.54) is 24.0 Å². The second kappa shape index (κ2) is 6.65. The van der Waals surface area contributed by atoms with Crippen molar-refractivity contribution < 1.29 is 9.53 Å². The molecule has 1 aliphatic carbocycles. The van der Waals surface area contributed by atoms with E-state index in [-0.39, 0.29) is 0 Å². The predicted octanol–water partition coefficient (Wildman–Crippen LogP) is 4.08. The number of carbonyl (C=O) groups excluding carboxylic acids is 1. The summed E-state index contributed by atoms with van der Waals surface area (Å²) >= 11 is 0. The van der Waals surface area contributed by atoms with Crippen molar-refractivity contribution in [2.45, 2.75) is 37.6 Å². The SMILES string of the molecule is O=C(Nc1ccccc1)Oc1cccc2c1CC[C@@H]1NCCC[C@@H]21. The third kappa shape index (κ3) is 3.02. The fourth-order valence-electron chi connectivity index (χ4n) is 3.99. The standard InChI is InChI=1S/C20H22N2O2/c23-20(22-14-6-2-1-3-7-14)24-19-10-4-8-15-16-9-5-13-21-18(16)12-11-17(15)19/h1-4,6-8,10,16,18,21H,5,9,11-13H2,(H,22,23)/t16-,18-/m0/s1. The van der Waals surface area contributed by atoms with Crippen LogP contribution in [0.3, 0.4) is 0 Å². The first-order chi connectivity index (χ1) is 11.8. The summed E-state index contributed by atoms with van der Waals surface area (Å²) in [6.07, 6.45) is 4.06. The molecular formula is C20H22N2O2. The highest BCUT2D eigenvalue weighted by molar-refractivity contribution is 5.86. The van der Waals surface area contributed by atoms with Crippen molar-refractivity contribution in [3.05, 3.63) is 59.7 Å². The van der Waals surface area contributed by atoms with Crippen LogP contribution in [0.25, 0.3) is 0 Å². The van der Waals surface area contributed by atoms with Gasteiger partial charge in [-0.15, -0.1) is 0 Å². The Morgan fingerprint density at radius 2 is 1.96 bits per heavy atom. The molecule has 2 aromatic carbocycles. The second-order valence-corrected chi connectivity index (χ2v) is 6.55. The van der Waals surface area contributed by atoms with E-state index in [0.29, 0.717) is 17.7 Å². The van der Waals surface area contributed by atoms with Crippen molar-refractivity contribution in [1.82, 2.24) is 5.32 Å². The van der Waals surface area contributed by atoms with Crippen LogP contribution in [0.4, 0.5) is 10.5 Å². The van der Waals surface area contributed by atoms with Gasteiger partial charge < -0.3 is 10.1 Å². The quantitative estimate of drug-likeness (QED) is 0.876. The van der Waals surface area contributed by atoms with Gasteiger partial charge in [0.05, 0.1) is 0 Å². The van der Waals surface area contributed by atoms with Crippen LogP contribution in [-0.2, 0) is 6.42 Å². The van der Waals surface area contributed by atoms with E-state index in [9.17, 15) is 4.79 Å². The number of carbonyl (C=O) groups is 1. The number of nitrogens with one attached hydrogen (secondary N) is 2. The molecule has 1 saturated heterocycles. The molecule has 0 bridgehead atoms. The molecule has 2 atom stereocenters. The second-order valence-electron chi connectivity index (χ2n) is 6.55. The summed E-state index contributed by atoms with van der Waals surface area (Å²) in [5.74, 6) is 1.24. The maximum absolute atomic E-state index is 12.2. The minimum absolute atomic E-state index is 0.432. The van der Waals surface area contributed by atoms with Crippen LogP contribution in [0, 0.1) is 0 Å². The van der Waals surface area contributed by atoms with E-state index in [2.05, 4.69) is 16.7 Å². The molecule has 2 N–H and O–H groups in total. The van der Waals surface area contributed by atoms with Crippen molar-refractivity contribution in [3.63, 3.8) is 0 Å². The number of anilines is 1. The number of ether oxygens (including phenoxy) is 1. The molecule has 1 amide bonds. The molecule has 1 heterocycles. The molecule has 1 aliphatic heterocycles. The molecule has 0 aromatic heterocycles. The van der Waals surface area contributed by atoms with Crippen molar-refractivity contribution in [1.29, 1.82) is 0 Å². The lowest BCUT2D eigenvalue weighted by molar-refractivity contribution is 0.214. The van der Waals surface area contributed by atoms with E-state index >= 15 is 0 Å². The minimum Gasteiger partial charge on any atom is -0.410 e. The largest absolute Gasteiger partial charge is 0.417 e. The zero-order chi connectivity index (χ0) is 16.4. The molecule has 4 rings (SSSR count). The first-order valence-corrected chi connectivity index (χ1v) is 8.70. The Morgan fingerprint density at radius 3 is 2.83 bits per heavy atom. The van der Waals surface area contributed by atoms with Gasteiger partial charge in [0.1, 0.15) is 5.75 Å². The Labute approximate surface area is 142 Å². The molecule has 2 aliphatic rings. The number of hydrogen-bond donors (Lipinski definition) is 2. The number of benzene rings is 2. The summed E-state index contributed by atoms with van der Waals surface area (Å²) in [5, 5.41) is 6.41. The summed E-state index contributed by atoms with van der Waals surface area (Å²) in [4.78, 5) is 12.2. The average molecular weight is 322 g/mol. The molecule has 2 aromatic rings. The minimum atomic E-state index is -0.432.